The van der Waals surface area contributed by atoms with Crippen LogP contribution in [0.1, 0.15) is 35.8 Å². The van der Waals surface area contributed by atoms with Crippen molar-refractivity contribution in [3.63, 3.8) is 0 Å². The number of rotatable bonds is 6. The maximum absolute atomic E-state index is 12.2. The SMILES string of the molecule is CCn1nc(C(=O)NCc2cccc(NC(=O)NC3CC3)c2)ccc1=O. The monoisotopic (exact) mass is 355 g/mol. The number of aromatic nitrogens is 2. The highest BCUT2D eigenvalue weighted by Crippen LogP contribution is 2.19. The zero-order chi connectivity index (χ0) is 18.5. The molecule has 1 fully saturated rings. The van der Waals surface area contributed by atoms with E-state index >= 15 is 0 Å². The van der Waals surface area contributed by atoms with E-state index in [-0.39, 0.29) is 35.8 Å². The third kappa shape index (κ3) is 4.69. The second kappa shape index (κ2) is 7.81. The Morgan fingerprint density at radius 3 is 2.77 bits per heavy atom. The summed E-state index contributed by atoms with van der Waals surface area (Å²) in [4.78, 5) is 35.5. The number of benzene rings is 1. The van der Waals surface area contributed by atoms with Crippen molar-refractivity contribution < 1.29 is 9.59 Å². The number of aryl methyl sites for hydroxylation is 1. The van der Waals surface area contributed by atoms with Gasteiger partial charge in [-0.05, 0) is 43.5 Å². The molecule has 0 atom stereocenters. The molecule has 1 heterocycles. The van der Waals surface area contributed by atoms with Crippen LogP contribution in [-0.2, 0) is 13.1 Å². The van der Waals surface area contributed by atoms with Crippen LogP contribution in [0, 0.1) is 0 Å². The Labute approximate surface area is 150 Å². The molecule has 1 aromatic heterocycles. The zero-order valence-electron chi connectivity index (χ0n) is 14.5. The van der Waals surface area contributed by atoms with Crippen molar-refractivity contribution in [3.05, 3.63) is 58.0 Å². The van der Waals surface area contributed by atoms with Crippen LogP contribution in [0.3, 0.4) is 0 Å². The van der Waals surface area contributed by atoms with Crippen molar-refractivity contribution in [1.29, 1.82) is 0 Å². The van der Waals surface area contributed by atoms with Gasteiger partial charge in [-0.2, -0.15) is 5.10 Å². The van der Waals surface area contributed by atoms with Gasteiger partial charge in [0.15, 0.2) is 0 Å². The standard InChI is InChI=1S/C18H21N5O3/c1-2-23-16(24)9-8-15(22-23)17(25)19-11-12-4-3-5-14(10-12)21-18(26)20-13-6-7-13/h3-5,8-10,13H,2,6-7,11H2,1H3,(H,19,25)(H2,20,21,26). The Kier molecular flexibility index (Phi) is 5.31. The van der Waals surface area contributed by atoms with Crippen molar-refractivity contribution in [2.75, 3.05) is 5.32 Å². The van der Waals surface area contributed by atoms with E-state index in [1.807, 2.05) is 12.1 Å². The van der Waals surface area contributed by atoms with Gasteiger partial charge in [-0.25, -0.2) is 9.48 Å². The first-order valence-corrected chi connectivity index (χ1v) is 8.58. The smallest absolute Gasteiger partial charge is 0.319 e. The Hall–Kier alpha value is -3.16. The molecule has 3 rings (SSSR count). The number of amides is 3. The van der Waals surface area contributed by atoms with Crippen LogP contribution in [0.5, 0.6) is 0 Å². The number of carbonyl (C=O) groups excluding carboxylic acids is 2. The molecular weight excluding hydrogens is 334 g/mol. The summed E-state index contributed by atoms with van der Waals surface area (Å²) in [6, 6.07) is 10.0. The second-order valence-electron chi connectivity index (χ2n) is 6.13. The first-order chi connectivity index (χ1) is 12.5. The van der Waals surface area contributed by atoms with Crippen LogP contribution in [0.2, 0.25) is 0 Å². The van der Waals surface area contributed by atoms with Crippen molar-refractivity contribution in [2.45, 2.75) is 38.9 Å². The summed E-state index contributed by atoms with van der Waals surface area (Å²) in [5, 5.41) is 12.4. The van der Waals surface area contributed by atoms with Crippen LogP contribution < -0.4 is 21.5 Å². The molecule has 3 N–H and O–H groups in total. The van der Waals surface area contributed by atoms with Crippen LogP contribution in [0.4, 0.5) is 10.5 Å². The molecule has 1 aliphatic rings. The van der Waals surface area contributed by atoms with E-state index in [4.69, 9.17) is 0 Å². The van der Waals surface area contributed by atoms with Crippen molar-refractivity contribution in [1.82, 2.24) is 20.4 Å². The molecule has 3 amide bonds. The van der Waals surface area contributed by atoms with Crippen LogP contribution >= 0.6 is 0 Å². The number of nitrogens with zero attached hydrogens (tertiary/aromatic N) is 2. The maximum Gasteiger partial charge on any atom is 0.319 e. The lowest BCUT2D eigenvalue weighted by Gasteiger charge is -2.09. The molecule has 26 heavy (non-hydrogen) atoms. The topological polar surface area (TPSA) is 105 Å². The minimum Gasteiger partial charge on any atom is -0.347 e. The fourth-order valence-electron chi connectivity index (χ4n) is 2.41. The highest BCUT2D eigenvalue weighted by molar-refractivity contribution is 5.92. The fraction of sp³-hybridized carbons (Fsp3) is 0.333. The fourth-order valence-corrected chi connectivity index (χ4v) is 2.41. The number of urea groups is 1. The largest absolute Gasteiger partial charge is 0.347 e. The minimum absolute atomic E-state index is 0.185. The highest BCUT2D eigenvalue weighted by Gasteiger charge is 2.23. The van der Waals surface area contributed by atoms with E-state index in [1.54, 1.807) is 19.1 Å². The molecule has 0 saturated heterocycles. The summed E-state index contributed by atoms with van der Waals surface area (Å²) in [5.41, 5.74) is 1.44. The van der Waals surface area contributed by atoms with Gasteiger partial charge in [-0.1, -0.05) is 12.1 Å². The molecular formula is C18H21N5O3. The van der Waals surface area contributed by atoms with Gasteiger partial charge in [0.2, 0.25) is 0 Å². The lowest BCUT2D eigenvalue weighted by molar-refractivity contribution is 0.0943. The number of hydrogen-bond donors (Lipinski definition) is 3. The lowest BCUT2D eigenvalue weighted by atomic mass is 10.2. The average Bonchev–Trinajstić information content (AvgIpc) is 3.44. The summed E-state index contributed by atoms with van der Waals surface area (Å²) >= 11 is 0. The third-order valence-corrected chi connectivity index (χ3v) is 3.95. The molecule has 0 bridgehead atoms. The van der Waals surface area contributed by atoms with Crippen LogP contribution in [0.25, 0.3) is 0 Å². The van der Waals surface area contributed by atoms with E-state index in [1.165, 1.54) is 16.8 Å². The first-order valence-electron chi connectivity index (χ1n) is 8.58. The van der Waals surface area contributed by atoms with Crippen molar-refractivity contribution in [2.24, 2.45) is 0 Å². The third-order valence-electron chi connectivity index (χ3n) is 3.95. The molecule has 8 heteroatoms. The molecule has 8 nitrogen and oxygen atoms in total. The summed E-state index contributed by atoms with van der Waals surface area (Å²) in [6.07, 6.45) is 2.05. The maximum atomic E-state index is 12.2. The average molecular weight is 355 g/mol. The van der Waals surface area contributed by atoms with E-state index in [0.717, 1.165) is 18.4 Å². The molecule has 1 aliphatic carbocycles. The van der Waals surface area contributed by atoms with Gasteiger partial charge in [-0.15, -0.1) is 0 Å². The molecule has 136 valence electrons. The van der Waals surface area contributed by atoms with E-state index in [9.17, 15) is 14.4 Å². The molecule has 2 aromatic rings. The van der Waals surface area contributed by atoms with Crippen molar-refractivity contribution in [3.8, 4) is 0 Å². The molecule has 1 saturated carbocycles. The van der Waals surface area contributed by atoms with Gasteiger partial charge in [0, 0.05) is 30.9 Å². The number of carbonyl (C=O) groups is 2. The predicted octanol–water partition coefficient (Wildman–Crippen LogP) is 1.48. The van der Waals surface area contributed by atoms with Gasteiger partial charge in [0.25, 0.3) is 11.5 Å². The van der Waals surface area contributed by atoms with Crippen molar-refractivity contribution >= 4 is 17.6 Å². The number of nitrogens with one attached hydrogen (secondary N) is 3. The van der Waals surface area contributed by atoms with Gasteiger partial charge in [0.1, 0.15) is 5.69 Å². The Bertz CT molecular complexity index is 873. The Balaban J connectivity index is 1.58. The Morgan fingerprint density at radius 2 is 2.04 bits per heavy atom. The number of hydrogen-bond acceptors (Lipinski definition) is 4. The van der Waals surface area contributed by atoms with E-state index in [2.05, 4.69) is 21.0 Å². The molecule has 0 aliphatic heterocycles. The molecule has 0 spiro atoms. The molecule has 0 unspecified atom stereocenters. The second-order valence-corrected chi connectivity index (χ2v) is 6.13. The van der Waals surface area contributed by atoms with Gasteiger partial charge < -0.3 is 16.0 Å². The van der Waals surface area contributed by atoms with E-state index < -0.39 is 0 Å². The number of anilines is 1. The predicted molar refractivity (Wildman–Crippen MR) is 97.0 cm³/mol. The highest BCUT2D eigenvalue weighted by atomic mass is 16.2. The normalized spacial score (nSPS) is 13.1. The van der Waals surface area contributed by atoms with Gasteiger partial charge in [-0.3, -0.25) is 9.59 Å². The Morgan fingerprint density at radius 1 is 1.23 bits per heavy atom. The molecule has 0 radical (unpaired) electrons. The summed E-state index contributed by atoms with van der Waals surface area (Å²) in [7, 11) is 0. The van der Waals surface area contributed by atoms with Crippen LogP contribution in [0.15, 0.2) is 41.2 Å². The summed E-state index contributed by atoms with van der Waals surface area (Å²) < 4.78 is 1.23. The van der Waals surface area contributed by atoms with E-state index in [0.29, 0.717) is 12.2 Å². The minimum atomic E-state index is -0.364. The quantitative estimate of drug-likeness (QED) is 0.730. The summed E-state index contributed by atoms with van der Waals surface area (Å²) in [6.45, 7) is 2.47. The van der Waals surface area contributed by atoms with Gasteiger partial charge in [0.05, 0.1) is 0 Å². The van der Waals surface area contributed by atoms with Gasteiger partial charge >= 0.3 is 6.03 Å². The zero-order valence-corrected chi connectivity index (χ0v) is 14.5. The summed E-state index contributed by atoms with van der Waals surface area (Å²) in [5.74, 6) is -0.364. The first kappa shape index (κ1) is 17.7. The molecule has 1 aromatic carbocycles. The lowest BCUT2D eigenvalue weighted by Crippen LogP contribution is -2.30. The van der Waals surface area contributed by atoms with Crippen LogP contribution in [-0.4, -0.2) is 27.8 Å².